The Hall–Kier alpha value is -2.11. The Balaban J connectivity index is 2.85. The number of hydrogen-bond acceptors (Lipinski definition) is 3. The maximum atomic E-state index is 13.1. The molecule has 1 aromatic rings. The van der Waals surface area contributed by atoms with Gasteiger partial charge in [0, 0.05) is 5.69 Å². The number of halogens is 1. The maximum Gasteiger partial charge on any atom is 0.412 e. The second-order valence-electron chi connectivity index (χ2n) is 4.66. The van der Waals surface area contributed by atoms with E-state index < -0.39 is 23.5 Å². The van der Waals surface area contributed by atoms with Gasteiger partial charge in [-0.2, -0.15) is 0 Å². The van der Waals surface area contributed by atoms with Crippen LogP contribution in [0.5, 0.6) is 0 Å². The Morgan fingerprint density at radius 1 is 1.28 bits per heavy atom. The molecule has 0 saturated heterocycles. The number of amides is 1. The number of hydrogen-bond donors (Lipinski definition) is 2. The minimum absolute atomic E-state index is 0.0293. The molecule has 0 unspecified atom stereocenters. The van der Waals surface area contributed by atoms with Crippen LogP contribution in [0.2, 0.25) is 0 Å². The molecular formula is C12H14FNO4. The zero-order valence-electron chi connectivity index (χ0n) is 10.3. The van der Waals surface area contributed by atoms with Crippen molar-refractivity contribution in [3.63, 3.8) is 0 Å². The molecule has 0 aliphatic rings. The number of aromatic carboxylic acids is 1. The van der Waals surface area contributed by atoms with Crippen molar-refractivity contribution in [2.75, 3.05) is 5.32 Å². The van der Waals surface area contributed by atoms with Gasteiger partial charge in [-0.05, 0) is 39.0 Å². The second-order valence-corrected chi connectivity index (χ2v) is 4.66. The Kier molecular flexibility index (Phi) is 3.90. The zero-order valence-corrected chi connectivity index (χ0v) is 10.3. The molecule has 0 aromatic heterocycles. The van der Waals surface area contributed by atoms with E-state index in [9.17, 15) is 14.0 Å². The van der Waals surface area contributed by atoms with Crippen LogP contribution >= 0.6 is 0 Å². The molecule has 0 saturated carbocycles. The van der Waals surface area contributed by atoms with E-state index in [0.29, 0.717) is 0 Å². The van der Waals surface area contributed by atoms with Crippen molar-refractivity contribution >= 4 is 17.7 Å². The third-order valence-corrected chi connectivity index (χ3v) is 1.79. The number of ether oxygens (including phenoxy) is 1. The van der Waals surface area contributed by atoms with Crippen LogP contribution in [0.4, 0.5) is 14.9 Å². The number of carbonyl (C=O) groups excluding carboxylic acids is 1. The molecule has 0 radical (unpaired) electrons. The van der Waals surface area contributed by atoms with E-state index in [1.165, 1.54) is 0 Å². The van der Waals surface area contributed by atoms with E-state index in [1.807, 2.05) is 0 Å². The van der Waals surface area contributed by atoms with E-state index in [-0.39, 0.29) is 11.3 Å². The lowest BCUT2D eigenvalue weighted by Crippen LogP contribution is -2.27. The summed E-state index contributed by atoms with van der Waals surface area (Å²) in [6.07, 6.45) is -0.774. The maximum absolute atomic E-state index is 13.1. The summed E-state index contributed by atoms with van der Waals surface area (Å²) in [6, 6.07) is 3.02. The number of anilines is 1. The van der Waals surface area contributed by atoms with Crippen LogP contribution < -0.4 is 5.32 Å². The summed E-state index contributed by atoms with van der Waals surface area (Å²) in [5.74, 6) is -2.03. The Morgan fingerprint density at radius 2 is 1.89 bits per heavy atom. The van der Waals surface area contributed by atoms with E-state index in [0.717, 1.165) is 18.2 Å². The van der Waals surface area contributed by atoms with Gasteiger partial charge in [0.05, 0.1) is 5.56 Å². The molecule has 0 atom stereocenters. The third-order valence-electron chi connectivity index (χ3n) is 1.79. The quantitative estimate of drug-likeness (QED) is 0.852. The molecule has 18 heavy (non-hydrogen) atoms. The van der Waals surface area contributed by atoms with Crippen LogP contribution in [0.3, 0.4) is 0 Å². The fraction of sp³-hybridized carbons (Fsp3) is 0.333. The number of rotatable bonds is 2. The smallest absolute Gasteiger partial charge is 0.412 e. The molecule has 6 heteroatoms. The highest BCUT2D eigenvalue weighted by Crippen LogP contribution is 2.16. The van der Waals surface area contributed by atoms with Crippen molar-refractivity contribution in [3.05, 3.63) is 29.6 Å². The van der Waals surface area contributed by atoms with E-state index in [4.69, 9.17) is 9.84 Å². The first-order valence-electron chi connectivity index (χ1n) is 5.21. The van der Waals surface area contributed by atoms with Gasteiger partial charge in [-0.25, -0.2) is 14.0 Å². The number of benzene rings is 1. The second kappa shape index (κ2) is 5.03. The summed E-state index contributed by atoms with van der Waals surface area (Å²) in [4.78, 5) is 22.1. The fourth-order valence-electron chi connectivity index (χ4n) is 1.21. The number of carboxylic acid groups (broad SMARTS) is 1. The van der Waals surface area contributed by atoms with Crippen LogP contribution in [-0.4, -0.2) is 22.8 Å². The SMILES string of the molecule is CC(C)(C)OC(=O)Nc1cc(F)cc(C(=O)O)c1. The summed E-state index contributed by atoms with van der Waals surface area (Å²) in [5.41, 5.74) is -0.907. The Labute approximate surface area is 104 Å². The van der Waals surface area contributed by atoms with E-state index >= 15 is 0 Å². The van der Waals surface area contributed by atoms with Crippen LogP contribution in [-0.2, 0) is 4.74 Å². The molecule has 1 amide bonds. The van der Waals surface area contributed by atoms with Crippen molar-refractivity contribution in [2.24, 2.45) is 0 Å². The molecule has 0 aliphatic carbocycles. The molecule has 1 aromatic carbocycles. The molecule has 0 spiro atoms. The molecule has 1 rings (SSSR count). The fourth-order valence-corrected chi connectivity index (χ4v) is 1.21. The molecule has 0 bridgehead atoms. The number of carbonyl (C=O) groups is 2. The van der Waals surface area contributed by atoms with Crippen molar-refractivity contribution < 1.29 is 23.8 Å². The predicted molar refractivity (Wildman–Crippen MR) is 63.2 cm³/mol. The van der Waals surface area contributed by atoms with Crippen LogP contribution in [0, 0.1) is 5.82 Å². The normalized spacial score (nSPS) is 10.9. The van der Waals surface area contributed by atoms with Gasteiger partial charge in [0.2, 0.25) is 0 Å². The van der Waals surface area contributed by atoms with Crippen molar-refractivity contribution in [1.29, 1.82) is 0 Å². The van der Waals surface area contributed by atoms with Crippen LogP contribution in [0.1, 0.15) is 31.1 Å². The van der Waals surface area contributed by atoms with Gasteiger partial charge in [0.1, 0.15) is 11.4 Å². The Bertz CT molecular complexity index is 479. The van der Waals surface area contributed by atoms with Gasteiger partial charge in [-0.1, -0.05) is 0 Å². The van der Waals surface area contributed by atoms with Gasteiger partial charge in [-0.15, -0.1) is 0 Å². The van der Waals surface area contributed by atoms with Gasteiger partial charge in [0.15, 0.2) is 0 Å². The van der Waals surface area contributed by atoms with Gasteiger partial charge in [-0.3, -0.25) is 5.32 Å². The number of nitrogens with one attached hydrogen (secondary N) is 1. The van der Waals surface area contributed by atoms with Gasteiger partial charge < -0.3 is 9.84 Å². The Morgan fingerprint density at radius 3 is 2.39 bits per heavy atom. The summed E-state index contributed by atoms with van der Waals surface area (Å²) in [6.45, 7) is 5.04. The monoisotopic (exact) mass is 255 g/mol. The summed E-state index contributed by atoms with van der Waals surface area (Å²) in [5, 5.41) is 11.0. The first-order chi connectivity index (χ1) is 8.17. The zero-order chi connectivity index (χ0) is 13.9. The van der Waals surface area contributed by atoms with Crippen LogP contribution in [0.25, 0.3) is 0 Å². The highest BCUT2D eigenvalue weighted by atomic mass is 19.1. The average Bonchev–Trinajstić information content (AvgIpc) is 2.12. The summed E-state index contributed by atoms with van der Waals surface area (Å²) < 4.78 is 18.1. The van der Waals surface area contributed by atoms with E-state index in [2.05, 4.69) is 5.32 Å². The standard InChI is InChI=1S/C12H14FNO4/c1-12(2,3)18-11(17)14-9-5-7(10(15)16)4-8(13)6-9/h4-6H,1-3H3,(H,14,17)(H,15,16). The van der Waals surface area contributed by atoms with Crippen molar-refractivity contribution in [1.82, 2.24) is 0 Å². The number of carboxylic acids is 1. The molecule has 2 N–H and O–H groups in total. The highest BCUT2D eigenvalue weighted by molar-refractivity contribution is 5.91. The highest BCUT2D eigenvalue weighted by Gasteiger charge is 2.17. The average molecular weight is 255 g/mol. The lowest BCUT2D eigenvalue weighted by atomic mass is 10.2. The lowest BCUT2D eigenvalue weighted by Gasteiger charge is -2.19. The predicted octanol–water partition coefficient (Wildman–Crippen LogP) is 2.87. The van der Waals surface area contributed by atoms with E-state index in [1.54, 1.807) is 20.8 Å². The molecule has 0 aliphatic heterocycles. The van der Waals surface area contributed by atoms with Crippen LogP contribution in [0.15, 0.2) is 18.2 Å². The van der Waals surface area contributed by atoms with Gasteiger partial charge in [0.25, 0.3) is 0 Å². The topological polar surface area (TPSA) is 75.6 Å². The van der Waals surface area contributed by atoms with Crippen molar-refractivity contribution in [2.45, 2.75) is 26.4 Å². The lowest BCUT2D eigenvalue weighted by molar-refractivity contribution is 0.0632. The summed E-state index contributed by atoms with van der Waals surface area (Å²) in [7, 11) is 0. The molecular weight excluding hydrogens is 241 g/mol. The van der Waals surface area contributed by atoms with Gasteiger partial charge >= 0.3 is 12.1 Å². The molecule has 98 valence electrons. The van der Waals surface area contributed by atoms with Crippen molar-refractivity contribution in [3.8, 4) is 0 Å². The molecule has 0 heterocycles. The largest absolute Gasteiger partial charge is 0.478 e. The minimum Gasteiger partial charge on any atom is -0.478 e. The third kappa shape index (κ3) is 4.40. The first-order valence-corrected chi connectivity index (χ1v) is 5.21. The minimum atomic E-state index is -1.28. The summed E-state index contributed by atoms with van der Waals surface area (Å²) >= 11 is 0. The first kappa shape index (κ1) is 14.0. The molecule has 5 nitrogen and oxygen atoms in total. The molecule has 0 fully saturated rings.